The maximum atomic E-state index is 10.3. The van der Waals surface area contributed by atoms with Crippen molar-refractivity contribution in [3.05, 3.63) is 0 Å². The van der Waals surface area contributed by atoms with E-state index >= 15 is 0 Å². The second-order valence-electron chi connectivity index (χ2n) is 3.89. The number of unbranched alkanes of at least 4 members (excludes halogenated alkanes) is 2. The minimum atomic E-state index is -0.648. The van der Waals surface area contributed by atoms with Crippen molar-refractivity contribution in [3.63, 3.8) is 0 Å². The molecule has 1 unspecified atom stereocenters. The molecule has 0 heterocycles. The maximum absolute atomic E-state index is 10.3. The van der Waals surface area contributed by atoms with Gasteiger partial charge in [0.1, 0.15) is 0 Å². The van der Waals surface area contributed by atoms with E-state index in [-0.39, 0.29) is 20.9 Å². The Hall–Kier alpha value is 0.260. The molecule has 0 aromatic carbocycles. The summed E-state index contributed by atoms with van der Waals surface area (Å²) in [5.74, 6) is -0.648. The summed E-state index contributed by atoms with van der Waals surface area (Å²) in [7, 11) is 0. The Kier molecular flexibility index (Phi) is 11.0. The fourth-order valence-electron chi connectivity index (χ4n) is 1.45. The summed E-state index contributed by atoms with van der Waals surface area (Å²) in [6.07, 6.45) is 7.63. The van der Waals surface area contributed by atoms with Crippen LogP contribution in [0.4, 0.5) is 0 Å². The number of carbonyl (C=O) groups is 1. The van der Waals surface area contributed by atoms with Crippen molar-refractivity contribution in [1.29, 1.82) is 0 Å². The Morgan fingerprint density at radius 3 is 2.53 bits per heavy atom. The van der Waals surface area contributed by atoms with Crippen molar-refractivity contribution in [2.24, 2.45) is 0 Å². The van der Waals surface area contributed by atoms with E-state index in [0.717, 1.165) is 16.8 Å². The summed E-state index contributed by atoms with van der Waals surface area (Å²) in [5.41, 5.74) is 0. The molecular weight excluding hydrogens is 304 g/mol. The summed E-state index contributed by atoms with van der Waals surface area (Å²) in [4.78, 5) is 10.3. The first kappa shape index (κ1) is 15.3. The zero-order valence-electron chi connectivity index (χ0n) is 10.00. The van der Waals surface area contributed by atoms with Crippen LogP contribution in [0.3, 0.4) is 0 Å². The molecular formula is C12H24O2Te. The fourth-order valence-corrected chi connectivity index (χ4v) is 5.32. The first-order valence-electron chi connectivity index (χ1n) is 6.04. The topological polar surface area (TPSA) is 37.3 Å². The quantitative estimate of drug-likeness (QED) is 0.490. The number of hydrogen-bond donors (Lipinski definition) is 1. The van der Waals surface area contributed by atoms with Crippen LogP contribution in [0.2, 0.25) is 8.43 Å². The SMILES string of the molecule is CCCC[Te]C(CC)CCCCC(=O)O. The van der Waals surface area contributed by atoms with Crippen molar-refractivity contribution >= 4 is 26.9 Å². The Morgan fingerprint density at radius 2 is 2.00 bits per heavy atom. The standard InChI is InChI=1S/C12H24O2Te/c1-3-5-10-15-11(4-2)8-6-7-9-12(13)14/h11H,3-10H2,1-2H3,(H,13,14). The summed E-state index contributed by atoms with van der Waals surface area (Å²) in [6, 6.07) is 0. The number of rotatable bonds is 10. The normalized spacial score (nSPS) is 12.7. The molecule has 0 saturated carbocycles. The van der Waals surface area contributed by atoms with Crippen LogP contribution in [0, 0.1) is 0 Å². The van der Waals surface area contributed by atoms with Gasteiger partial charge in [-0.2, -0.15) is 0 Å². The minimum absolute atomic E-state index is 0.197. The molecule has 0 fully saturated rings. The molecule has 0 aliphatic carbocycles. The summed E-state index contributed by atoms with van der Waals surface area (Å²) in [6.45, 7) is 4.53. The average molecular weight is 328 g/mol. The van der Waals surface area contributed by atoms with E-state index in [0.29, 0.717) is 6.42 Å². The van der Waals surface area contributed by atoms with Crippen LogP contribution >= 0.6 is 0 Å². The summed E-state index contributed by atoms with van der Waals surface area (Å²) in [5, 5.41) is 8.52. The molecule has 0 spiro atoms. The Balaban J connectivity index is 3.39. The van der Waals surface area contributed by atoms with Crippen molar-refractivity contribution in [1.82, 2.24) is 0 Å². The number of carboxylic acid groups (broad SMARTS) is 1. The first-order chi connectivity index (χ1) is 7.20. The van der Waals surface area contributed by atoms with Crippen LogP contribution in [0.25, 0.3) is 0 Å². The molecule has 0 aromatic heterocycles. The van der Waals surface area contributed by atoms with E-state index in [2.05, 4.69) is 13.8 Å². The first-order valence-corrected chi connectivity index (χ1v) is 9.03. The van der Waals surface area contributed by atoms with Gasteiger partial charge in [0.2, 0.25) is 0 Å². The van der Waals surface area contributed by atoms with Crippen LogP contribution in [-0.2, 0) is 4.79 Å². The molecule has 3 heteroatoms. The summed E-state index contributed by atoms with van der Waals surface area (Å²) < 4.78 is 2.43. The van der Waals surface area contributed by atoms with Gasteiger partial charge in [-0.1, -0.05) is 0 Å². The van der Waals surface area contributed by atoms with Gasteiger partial charge in [-0.25, -0.2) is 0 Å². The van der Waals surface area contributed by atoms with Crippen LogP contribution < -0.4 is 0 Å². The van der Waals surface area contributed by atoms with Crippen LogP contribution in [-0.4, -0.2) is 32.0 Å². The Bertz CT molecular complexity index is 160. The van der Waals surface area contributed by atoms with E-state index in [1.165, 1.54) is 30.2 Å². The molecule has 1 N–H and O–H groups in total. The van der Waals surface area contributed by atoms with Gasteiger partial charge in [-0.15, -0.1) is 0 Å². The molecule has 0 amide bonds. The molecule has 90 valence electrons. The van der Waals surface area contributed by atoms with Gasteiger partial charge in [-0.05, 0) is 0 Å². The van der Waals surface area contributed by atoms with E-state index in [1.807, 2.05) is 0 Å². The Labute approximate surface area is 104 Å². The Morgan fingerprint density at radius 1 is 1.27 bits per heavy atom. The van der Waals surface area contributed by atoms with Gasteiger partial charge in [0, 0.05) is 0 Å². The predicted octanol–water partition coefficient (Wildman–Crippen LogP) is 3.75. The van der Waals surface area contributed by atoms with Gasteiger partial charge in [0.05, 0.1) is 0 Å². The van der Waals surface area contributed by atoms with Crippen molar-refractivity contribution in [3.8, 4) is 0 Å². The number of carboxylic acids is 1. The molecule has 0 saturated heterocycles. The third kappa shape index (κ3) is 10.5. The van der Waals surface area contributed by atoms with E-state index < -0.39 is 5.97 Å². The second kappa shape index (κ2) is 10.8. The third-order valence-electron chi connectivity index (χ3n) is 2.47. The fraction of sp³-hybridized carbons (Fsp3) is 0.917. The van der Waals surface area contributed by atoms with Gasteiger partial charge in [-0.3, -0.25) is 0 Å². The third-order valence-corrected chi connectivity index (χ3v) is 6.94. The van der Waals surface area contributed by atoms with Gasteiger partial charge in [0.25, 0.3) is 0 Å². The van der Waals surface area contributed by atoms with Gasteiger partial charge in [0.15, 0.2) is 0 Å². The number of hydrogen-bond acceptors (Lipinski definition) is 1. The van der Waals surface area contributed by atoms with Crippen molar-refractivity contribution in [2.75, 3.05) is 0 Å². The molecule has 2 nitrogen and oxygen atoms in total. The number of aliphatic carboxylic acids is 1. The van der Waals surface area contributed by atoms with Crippen LogP contribution in [0.15, 0.2) is 0 Å². The van der Waals surface area contributed by atoms with Crippen molar-refractivity contribution < 1.29 is 9.90 Å². The van der Waals surface area contributed by atoms with Crippen LogP contribution in [0.5, 0.6) is 0 Å². The van der Waals surface area contributed by atoms with E-state index in [9.17, 15) is 4.79 Å². The second-order valence-corrected chi connectivity index (χ2v) is 7.91. The van der Waals surface area contributed by atoms with Gasteiger partial charge < -0.3 is 0 Å². The van der Waals surface area contributed by atoms with E-state index in [1.54, 1.807) is 0 Å². The molecule has 0 bridgehead atoms. The molecule has 0 rings (SSSR count). The van der Waals surface area contributed by atoms with Gasteiger partial charge >= 0.3 is 104 Å². The molecule has 0 aliphatic rings. The molecule has 1 atom stereocenters. The zero-order chi connectivity index (χ0) is 11.5. The van der Waals surface area contributed by atoms with E-state index in [4.69, 9.17) is 5.11 Å². The predicted molar refractivity (Wildman–Crippen MR) is 65.6 cm³/mol. The zero-order valence-corrected chi connectivity index (χ0v) is 12.3. The molecule has 0 aliphatic heterocycles. The molecule has 0 aromatic rings. The van der Waals surface area contributed by atoms with Crippen LogP contribution in [0.1, 0.15) is 58.8 Å². The monoisotopic (exact) mass is 330 g/mol. The molecule has 15 heavy (non-hydrogen) atoms. The van der Waals surface area contributed by atoms with Crippen molar-refractivity contribution in [2.45, 2.75) is 67.2 Å². The summed E-state index contributed by atoms with van der Waals surface area (Å²) >= 11 is 0.197. The average Bonchev–Trinajstić information content (AvgIpc) is 2.21. The molecule has 0 radical (unpaired) electrons.